The molecule has 2 aliphatic heterocycles. The molecule has 160 valence electrons. The van der Waals surface area contributed by atoms with Gasteiger partial charge in [0.05, 0.1) is 18.2 Å². The fourth-order valence-corrected chi connectivity index (χ4v) is 4.07. The Morgan fingerprint density at radius 2 is 1.69 bits per heavy atom. The number of benzene rings is 1. The van der Waals surface area contributed by atoms with E-state index in [0.29, 0.717) is 43.3 Å². The number of carbonyl (C=O) groups excluding carboxylic acids is 2. The third-order valence-corrected chi connectivity index (χ3v) is 5.66. The summed E-state index contributed by atoms with van der Waals surface area (Å²) in [6.45, 7) is 10.3. The van der Waals surface area contributed by atoms with Gasteiger partial charge in [0.15, 0.2) is 0 Å². The van der Waals surface area contributed by atoms with Crippen molar-refractivity contribution in [3.63, 3.8) is 0 Å². The van der Waals surface area contributed by atoms with Crippen LogP contribution in [0.3, 0.4) is 0 Å². The number of likely N-dealkylation sites (tertiary alicyclic amines) is 1. The minimum Gasteiger partial charge on any atom is -0.444 e. The number of hydrogen-bond donors (Lipinski definition) is 1. The van der Waals surface area contributed by atoms with Crippen LogP contribution in [0, 0.1) is 0 Å². The lowest BCUT2D eigenvalue weighted by Crippen LogP contribution is -2.57. The Morgan fingerprint density at radius 3 is 2.24 bits per heavy atom. The van der Waals surface area contributed by atoms with Crippen LogP contribution in [0.1, 0.15) is 38.1 Å². The number of rotatable bonds is 2. The fraction of sp³-hybridized carbons (Fsp3) is 0.619. The van der Waals surface area contributed by atoms with Crippen molar-refractivity contribution in [2.45, 2.75) is 44.9 Å². The van der Waals surface area contributed by atoms with E-state index in [1.807, 2.05) is 25.7 Å². The summed E-state index contributed by atoms with van der Waals surface area (Å²) in [6.07, 6.45) is -0.406. The van der Waals surface area contributed by atoms with Crippen LogP contribution in [0.4, 0.5) is 4.79 Å². The quantitative estimate of drug-likeness (QED) is 0.791. The van der Waals surface area contributed by atoms with Crippen LogP contribution < -0.4 is 0 Å². The highest BCUT2D eigenvalue weighted by Crippen LogP contribution is 2.28. The average Bonchev–Trinajstić information content (AvgIpc) is 2.96. The molecule has 2 saturated heterocycles. The van der Waals surface area contributed by atoms with Crippen molar-refractivity contribution in [3.05, 3.63) is 34.9 Å². The summed E-state index contributed by atoms with van der Waals surface area (Å²) < 4.78 is 5.45. The molecule has 0 radical (unpaired) electrons. The monoisotopic (exact) mass is 423 g/mol. The molecule has 0 spiro atoms. The van der Waals surface area contributed by atoms with Gasteiger partial charge in [0.25, 0.3) is 5.91 Å². The zero-order chi connectivity index (χ0) is 21.4. The van der Waals surface area contributed by atoms with Crippen molar-refractivity contribution < 1.29 is 19.4 Å². The molecule has 0 aliphatic carbocycles. The number of ether oxygens (including phenoxy) is 1. The summed E-state index contributed by atoms with van der Waals surface area (Å²) in [4.78, 5) is 30.6. The van der Waals surface area contributed by atoms with Crippen LogP contribution in [0.15, 0.2) is 24.3 Å². The molecular weight excluding hydrogens is 394 g/mol. The highest BCUT2D eigenvalue weighted by Gasteiger charge is 2.47. The molecule has 8 heteroatoms. The molecule has 7 nitrogen and oxygen atoms in total. The van der Waals surface area contributed by atoms with Gasteiger partial charge >= 0.3 is 6.09 Å². The van der Waals surface area contributed by atoms with Crippen molar-refractivity contribution in [2.24, 2.45) is 0 Å². The molecule has 2 aliphatic rings. The summed E-state index contributed by atoms with van der Waals surface area (Å²) in [5.41, 5.74) is -0.986. The summed E-state index contributed by atoms with van der Waals surface area (Å²) in [6, 6.07) is 6.70. The van der Waals surface area contributed by atoms with E-state index >= 15 is 0 Å². The summed E-state index contributed by atoms with van der Waals surface area (Å²) in [5, 5.41) is 11.5. The van der Waals surface area contributed by atoms with Gasteiger partial charge in [0.1, 0.15) is 5.60 Å². The van der Waals surface area contributed by atoms with E-state index < -0.39 is 17.3 Å². The van der Waals surface area contributed by atoms with Gasteiger partial charge in [-0.2, -0.15) is 0 Å². The van der Waals surface area contributed by atoms with E-state index in [9.17, 15) is 14.7 Å². The van der Waals surface area contributed by atoms with Crippen molar-refractivity contribution in [1.82, 2.24) is 14.7 Å². The maximum atomic E-state index is 12.7. The van der Waals surface area contributed by atoms with Gasteiger partial charge in [-0.1, -0.05) is 11.6 Å². The standard InChI is InChI=1S/C21H30ClN3O4/c1-20(2,3)29-19(27)25-13-17(21(4,28)14-25)23-9-11-24(12-10-23)18(26)15-5-7-16(22)8-6-15/h5-8,17,28H,9-14H2,1-4H3/t17?,21-/m1/s1. The summed E-state index contributed by atoms with van der Waals surface area (Å²) in [7, 11) is 0. The first kappa shape index (κ1) is 21.9. The Labute approximate surface area is 177 Å². The second-order valence-corrected chi connectivity index (χ2v) is 9.51. The van der Waals surface area contributed by atoms with Crippen molar-refractivity contribution in [2.75, 3.05) is 39.3 Å². The Hall–Kier alpha value is -1.83. The zero-order valence-corrected chi connectivity index (χ0v) is 18.3. The minimum atomic E-state index is -1.03. The van der Waals surface area contributed by atoms with Crippen molar-refractivity contribution in [1.29, 1.82) is 0 Å². The lowest BCUT2D eigenvalue weighted by Gasteiger charge is -2.41. The average molecular weight is 424 g/mol. The number of amides is 2. The molecule has 3 rings (SSSR count). The van der Waals surface area contributed by atoms with Crippen LogP contribution in [-0.4, -0.2) is 88.3 Å². The Morgan fingerprint density at radius 1 is 1.10 bits per heavy atom. The van der Waals surface area contributed by atoms with Gasteiger partial charge in [-0.15, -0.1) is 0 Å². The molecule has 0 bridgehead atoms. The van der Waals surface area contributed by atoms with E-state index in [1.165, 1.54) is 0 Å². The first-order chi connectivity index (χ1) is 13.5. The van der Waals surface area contributed by atoms with E-state index in [1.54, 1.807) is 36.1 Å². The number of aliphatic hydroxyl groups is 1. The number of nitrogens with zero attached hydrogens (tertiary/aromatic N) is 3. The number of piperazine rings is 1. The lowest BCUT2D eigenvalue weighted by molar-refractivity contribution is -0.0172. The van der Waals surface area contributed by atoms with Crippen LogP contribution in [0.2, 0.25) is 5.02 Å². The maximum absolute atomic E-state index is 12.7. The molecule has 2 amide bonds. The van der Waals surface area contributed by atoms with Crippen LogP contribution in [0.25, 0.3) is 0 Å². The zero-order valence-electron chi connectivity index (χ0n) is 17.5. The van der Waals surface area contributed by atoms with E-state index in [-0.39, 0.29) is 18.5 Å². The number of β-amino-alcohol motifs (C(OH)–C–C–N with tert-alkyl or cyclic N) is 1. The Bertz CT molecular complexity index is 752. The van der Waals surface area contributed by atoms with Gasteiger partial charge in [0.2, 0.25) is 0 Å². The maximum Gasteiger partial charge on any atom is 0.410 e. The molecule has 1 aromatic carbocycles. The molecule has 0 saturated carbocycles. The van der Waals surface area contributed by atoms with Gasteiger partial charge in [-0.25, -0.2) is 4.79 Å². The molecule has 2 heterocycles. The second-order valence-electron chi connectivity index (χ2n) is 9.07. The Kier molecular flexibility index (Phi) is 6.13. The number of carbonyl (C=O) groups is 2. The van der Waals surface area contributed by atoms with E-state index in [2.05, 4.69) is 4.90 Å². The molecule has 0 aromatic heterocycles. The van der Waals surface area contributed by atoms with Crippen molar-refractivity contribution >= 4 is 23.6 Å². The van der Waals surface area contributed by atoms with E-state index in [0.717, 1.165) is 0 Å². The van der Waals surface area contributed by atoms with E-state index in [4.69, 9.17) is 16.3 Å². The SMILES string of the molecule is CC(C)(C)OC(=O)N1CC(N2CCN(C(=O)c3ccc(Cl)cc3)CC2)[C@](C)(O)C1. The smallest absolute Gasteiger partial charge is 0.410 e. The van der Waals surface area contributed by atoms with Crippen LogP contribution in [0.5, 0.6) is 0 Å². The normalized spacial score (nSPS) is 25.9. The fourth-order valence-electron chi connectivity index (χ4n) is 3.95. The molecule has 1 N–H and O–H groups in total. The number of halogens is 1. The Balaban J connectivity index is 1.59. The van der Waals surface area contributed by atoms with Gasteiger partial charge in [-0.3, -0.25) is 9.69 Å². The molecule has 2 atom stereocenters. The van der Waals surface area contributed by atoms with Crippen molar-refractivity contribution in [3.8, 4) is 0 Å². The highest BCUT2D eigenvalue weighted by atomic mass is 35.5. The molecule has 1 aromatic rings. The van der Waals surface area contributed by atoms with Gasteiger partial charge in [-0.05, 0) is 52.0 Å². The predicted octanol–water partition coefficient (Wildman–Crippen LogP) is 2.47. The first-order valence-corrected chi connectivity index (χ1v) is 10.3. The minimum absolute atomic E-state index is 0.0186. The third kappa shape index (κ3) is 5.21. The third-order valence-electron chi connectivity index (χ3n) is 5.41. The molecule has 1 unspecified atom stereocenters. The largest absolute Gasteiger partial charge is 0.444 e. The molecule has 2 fully saturated rings. The lowest BCUT2D eigenvalue weighted by atomic mass is 9.98. The molecule has 29 heavy (non-hydrogen) atoms. The van der Waals surface area contributed by atoms with Crippen LogP contribution in [-0.2, 0) is 4.74 Å². The molecular formula is C21H30ClN3O4. The highest BCUT2D eigenvalue weighted by molar-refractivity contribution is 6.30. The summed E-state index contributed by atoms with van der Waals surface area (Å²) >= 11 is 5.90. The number of hydrogen-bond acceptors (Lipinski definition) is 5. The summed E-state index contributed by atoms with van der Waals surface area (Å²) in [5.74, 6) is -0.0186. The van der Waals surface area contributed by atoms with Gasteiger partial charge in [0, 0.05) is 43.3 Å². The van der Waals surface area contributed by atoms with Crippen LogP contribution >= 0.6 is 11.6 Å². The predicted molar refractivity (Wildman–Crippen MR) is 111 cm³/mol. The second kappa shape index (κ2) is 8.13. The first-order valence-electron chi connectivity index (χ1n) is 9.95. The van der Waals surface area contributed by atoms with Gasteiger partial charge < -0.3 is 19.6 Å². The topological polar surface area (TPSA) is 73.3 Å².